The first kappa shape index (κ1) is 42.5. The molecule has 309 valence electrons. The van der Waals surface area contributed by atoms with Crippen molar-refractivity contribution in [2.24, 2.45) is 11.8 Å². The number of Topliss-reactive ketones (excluding diaryl/α,β-unsaturated/α-hetero) is 1. The monoisotopic (exact) mass is 799 g/mol. The number of fused-ring (bicyclic) bond motifs is 2. The normalized spacial score (nSPS) is 16.0. The van der Waals surface area contributed by atoms with Gasteiger partial charge in [0.15, 0.2) is 11.7 Å². The zero-order valence-corrected chi connectivity index (χ0v) is 35.0. The molecule has 4 N–H and O–H groups in total. The van der Waals surface area contributed by atoms with Crippen molar-refractivity contribution in [2.75, 3.05) is 27.4 Å². The molecule has 3 aromatic carbocycles. The molecule has 3 heterocycles. The summed E-state index contributed by atoms with van der Waals surface area (Å²) in [4.78, 5) is 52.5. The van der Waals surface area contributed by atoms with E-state index in [9.17, 15) is 14.4 Å². The van der Waals surface area contributed by atoms with Gasteiger partial charge in [0.1, 0.15) is 24.5 Å². The second-order valence-electron chi connectivity index (χ2n) is 15.7. The highest BCUT2D eigenvalue weighted by Gasteiger charge is 2.35. The molecule has 2 aromatic heterocycles. The second kappa shape index (κ2) is 19.1. The van der Waals surface area contributed by atoms with E-state index in [1.54, 1.807) is 11.5 Å². The standard InChI is InChI=1S/C47H55N6O6/c1-28(2)43(52-47(56)58-8)42(54)21-12-30(5)37-19-20-38(49-37)36-16-15-32-24-33(13-14-34(32)25-36)35-17-18-39-40(26-35)51-45(50-39)41-27-59-23-11-9-10-22-53(41)46(55)44(29(3)4)48-31(6)57-7/h13-20,24-30,41,43-44,48-49H,6,11-12,21-23H2,1-5,7-8H3,(H,50,51)(H,52,56)/t30-,41+,43+,44+/m1/s1. The maximum absolute atomic E-state index is 14.1. The summed E-state index contributed by atoms with van der Waals surface area (Å²) in [6.07, 6.45) is 0.966. The van der Waals surface area contributed by atoms with Crippen LogP contribution in [0.4, 0.5) is 4.79 Å². The molecule has 0 unspecified atom stereocenters. The molecule has 2 amide bonds. The number of nitrogens with one attached hydrogen (secondary N) is 4. The fraction of sp³-hybridized carbons (Fsp3) is 0.383. The minimum absolute atomic E-state index is 0.00337. The summed E-state index contributed by atoms with van der Waals surface area (Å²) in [6.45, 7) is 16.0. The Bertz CT molecular complexity index is 2370. The number of hydrogen-bond donors (Lipinski definition) is 4. The van der Waals surface area contributed by atoms with E-state index in [2.05, 4.69) is 107 Å². The van der Waals surface area contributed by atoms with Crippen molar-refractivity contribution >= 4 is 39.6 Å². The molecule has 4 atom stereocenters. The van der Waals surface area contributed by atoms with Crippen LogP contribution in [-0.2, 0) is 23.8 Å². The van der Waals surface area contributed by atoms with E-state index in [0.717, 1.165) is 49.9 Å². The van der Waals surface area contributed by atoms with Gasteiger partial charge < -0.3 is 39.7 Å². The maximum Gasteiger partial charge on any atom is 0.407 e. The van der Waals surface area contributed by atoms with Gasteiger partial charge in [-0.2, -0.15) is 0 Å². The van der Waals surface area contributed by atoms with Gasteiger partial charge in [-0.25, -0.2) is 9.78 Å². The number of ketones is 1. The Hall–Kier alpha value is -6.06. The first-order valence-corrected chi connectivity index (χ1v) is 20.2. The van der Waals surface area contributed by atoms with Crippen LogP contribution in [0.2, 0.25) is 0 Å². The molecular formula is C47H55N6O6. The highest BCUT2D eigenvalue weighted by molar-refractivity contribution is 5.92. The first-order valence-electron chi connectivity index (χ1n) is 20.2. The van der Waals surface area contributed by atoms with Gasteiger partial charge >= 0.3 is 6.09 Å². The molecule has 0 fully saturated rings. The molecule has 1 aliphatic rings. The largest absolute Gasteiger partial charge is 0.483 e. The minimum atomic E-state index is -0.609. The SMILES string of the molecule is C=C(N[C@H](C(=O)N1CC#CCCO[CH][C@H]1c1nc2ccc(-c3ccc4cc(-c5ccc([C@H](C)CCC(=O)[C@@H](NC(=O)OC)C(C)C)[nH]5)ccc4c3)cc2[nH]1)C(C)C)OC. The van der Waals surface area contributed by atoms with Gasteiger partial charge in [-0.3, -0.25) is 9.59 Å². The maximum atomic E-state index is 14.1. The first-order chi connectivity index (χ1) is 28.4. The van der Waals surface area contributed by atoms with Gasteiger partial charge in [-0.1, -0.05) is 76.8 Å². The van der Waals surface area contributed by atoms with E-state index in [0.29, 0.717) is 37.6 Å². The molecule has 1 aliphatic heterocycles. The fourth-order valence-electron chi connectivity index (χ4n) is 7.31. The number of benzene rings is 3. The summed E-state index contributed by atoms with van der Waals surface area (Å²) in [7, 11) is 2.81. The number of rotatable bonds is 15. The van der Waals surface area contributed by atoms with Crippen LogP contribution in [0.1, 0.15) is 77.4 Å². The van der Waals surface area contributed by atoms with Crippen molar-refractivity contribution in [3.05, 3.63) is 97.3 Å². The number of imidazole rings is 1. The third-order valence-corrected chi connectivity index (χ3v) is 10.9. The smallest absolute Gasteiger partial charge is 0.407 e. The van der Waals surface area contributed by atoms with Gasteiger partial charge in [0.05, 0.1) is 44.4 Å². The van der Waals surface area contributed by atoms with Crippen LogP contribution in [0.25, 0.3) is 44.2 Å². The highest BCUT2D eigenvalue weighted by Crippen LogP contribution is 2.33. The topological polar surface area (TPSA) is 151 Å². The lowest BCUT2D eigenvalue weighted by atomic mass is 9.93. The number of H-pyrrole nitrogens is 2. The molecule has 0 spiro atoms. The molecule has 59 heavy (non-hydrogen) atoms. The molecule has 5 aromatic rings. The third-order valence-electron chi connectivity index (χ3n) is 10.9. The van der Waals surface area contributed by atoms with Gasteiger partial charge in [0, 0.05) is 24.2 Å². The van der Waals surface area contributed by atoms with Crippen LogP contribution in [0, 0.1) is 30.3 Å². The van der Waals surface area contributed by atoms with E-state index < -0.39 is 24.2 Å². The number of amides is 2. The van der Waals surface area contributed by atoms with Crippen molar-refractivity contribution < 1.29 is 28.6 Å². The lowest BCUT2D eigenvalue weighted by molar-refractivity contribution is -0.137. The van der Waals surface area contributed by atoms with Crippen molar-refractivity contribution in [2.45, 2.75) is 77.9 Å². The molecule has 12 heteroatoms. The van der Waals surface area contributed by atoms with E-state index in [1.165, 1.54) is 14.2 Å². The summed E-state index contributed by atoms with van der Waals surface area (Å²) in [5.74, 6) is 6.99. The predicted octanol–water partition coefficient (Wildman–Crippen LogP) is 8.40. The average molecular weight is 800 g/mol. The molecule has 0 aliphatic carbocycles. The number of nitrogens with zero attached hydrogens (tertiary/aromatic N) is 2. The summed E-state index contributed by atoms with van der Waals surface area (Å²) in [6, 6.07) is 21.4. The quantitative estimate of drug-likeness (QED) is 0.0609. The minimum Gasteiger partial charge on any atom is -0.483 e. The van der Waals surface area contributed by atoms with Gasteiger partial charge in [0.25, 0.3) is 0 Å². The molecule has 0 saturated heterocycles. The Morgan fingerprint density at radius 1 is 0.864 bits per heavy atom. The van der Waals surface area contributed by atoms with Crippen LogP contribution in [0.5, 0.6) is 0 Å². The third kappa shape index (κ3) is 10.2. The fourth-order valence-corrected chi connectivity index (χ4v) is 7.31. The number of methoxy groups -OCH3 is 2. The van der Waals surface area contributed by atoms with Gasteiger partial charge in [-0.15, -0.1) is 0 Å². The average Bonchev–Trinajstić information content (AvgIpc) is 3.92. The number of aromatic amines is 2. The van der Waals surface area contributed by atoms with E-state index in [1.807, 2.05) is 33.8 Å². The van der Waals surface area contributed by atoms with Crippen LogP contribution in [0.15, 0.2) is 79.2 Å². The zero-order chi connectivity index (χ0) is 42.2. The number of hydrogen-bond acceptors (Lipinski definition) is 8. The summed E-state index contributed by atoms with van der Waals surface area (Å²) in [5.41, 5.74) is 6.82. The van der Waals surface area contributed by atoms with E-state index >= 15 is 0 Å². The van der Waals surface area contributed by atoms with Crippen molar-refractivity contribution in [3.8, 4) is 34.2 Å². The van der Waals surface area contributed by atoms with Crippen LogP contribution >= 0.6 is 0 Å². The Kier molecular flexibility index (Phi) is 13.8. The molecule has 0 bridgehead atoms. The molecular weight excluding hydrogens is 745 g/mol. The summed E-state index contributed by atoms with van der Waals surface area (Å²) in [5, 5.41) is 8.01. The summed E-state index contributed by atoms with van der Waals surface area (Å²) >= 11 is 0. The second-order valence-corrected chi connectivity index (χ2v) is 15.7. The Balaban J connectivity index is 1.18. The molecule has 12 nitrogen and oxygen atoms in total. The Morgan fingerprint density at radius 2 is 1.56 bits per heavy atom. The number of carbonyl (C=O) groups excluding carboxylic acids is 3. The van der Waals surface area contributed by atoms with Crippen LogP contribution in [0.3, 0.4) is 0 Å². The predicted molar refractivity (Wildman–Crippen MR) is 231 cm³/mol. The molecule has 1 radical (unpaired) electrons. The number of ether oxygens (including phenoxy) is 3. The summed E-state index contributed by atoms with van der Waals surface area (Å²) < 4.78 is 15.8. The molecule has 0 saturated carbocycles. The number of carbonyl (C=O) groups is 3. The Labute approximate surface area is 346 Å². The number of aromatic nitrogens is 3. The van der Waals surface area contributed by atoms with E-state index in [-0.39, 0.29) is 36.0 Å². The van der Waals surface area contributed by atoms with Crippen LogP contribution in [-0.4, -0.2) is 77.1 Å². The molecule has 6 rings (SSSR count). The Morgan fingerprint density at radius 3 is 2.27 bits per heavy atom. The van der Waals surface area contributed by atoms with E-state index in [4.69, 9.17) is 19.2 Å². The van der Waals surface area contributed by atoms with Gasteiger partial charge in [0.2, 0.25) is 5.91 Å². The number of alkyl carbamates (subject to hydrolysis) is 1. The lowest BCUT2D eigenvalue weighted by Gasteiger charge is -2.33. The van der Waals surface area contributed by atoms with Gasteiger partial charge in [-0.05, 0) is 94.6 Å². The van der Waals surface area contributed by atoms with Crippen LogP contribution < -0.4 is 10.6 Å². The van der Waals surface area contributed by atoms with Crippen molar-refractivity contribution in [1.29, 1.82) is 0 Å². The van der Waals surface area contributed by atoms with Crippen molar-refractivity contribution in [3.63, 3.8) is 0 Å². The van der Waals surface area contributed by atoms with Crippen molar-refractivity contribution in [1.82, 2.24) is 30.5 Å². The lowest BCUT2D eigenvalue weighted by Crippen LogP contribution is -2.50. The zero-order valence-electron chi connectivity index (χ0n) is 35.0. The highest BCUT2D eigenvalue weighted by atomic mass is 16.5.